The molecule has 0 aromatic heterocycles. The number of nitro groups is 1. The molecule has 0 heterocycles. The predicted octanol–water partition coefficient (Wildman–Crippen LogP) is 3.00. The fourth-order valence-corrected chi connectivity index (χ4v) is 1.58. The van der Waals surface area contributed by atoms with Crippen LogP contribution in [-0.2, 0) is 0 Å². The van der Waals surface area contributed by atoms with Gasteiger partial charge in [0, 0.05) is 23.8 Å². The number of nitrogens with zero attached hydrogens (tertiary/aromatic N) is 1. The number of nitro benzene ring substituents is 1. The van der Waals surface area contributed by atoms with Crippen LogP contribution >= 0.6 is 0 Å². The Balaban J connectivity index is 2.05. The van der Waals surface area contributed by atoms with E-state index in [2.05, 4.69) is 0 Å². The van der Waals surface area contributed by atoms with Crippen molar-refractivity contribution >= 4 is 11.5 Å². The molecule has 2 aromatic carbocycles. The lowest BCUT2D eigenvalue weighted by Crippen LogP contribution is -2.11. The van der Waals surface area contributed by atoms with Gasteiger partial charge in [0.25, 0.3) is 5.69 Å². The number of benzene rings is 2. The van der Waals surface area contributed by atoms with Gasteiger partial charge in [-0.3, -0.25) is 14.9 Å². The topological polar surface area (TPSA) is 69.4 Å². The third-order valence-electron chi connectivity index (χ3n) is 2.54. The molecule has 2 aromatic rings. The van der Waals surface area contributed by atoms with Crippen LogP contribution in [0.2, 0.25) is 0 Å². The lowest BCUT2D eigenvalue weighted by Gasteiger charge is -2.05. The zero-order valence-corrected chi connectivity index (χ0v) is 10.3. The van der Waals surface area contributed by atoms with Gasteiger partial charge in [-0.05, 0) is 12.1 Å². The van der Waals surface area contributed by atoms with E-state index in [9.17, 15) is 19.3 Å². The normalized spacial score (nSPS) is 10.1. The van der Waals surface area contributed by atoms with Crippen LogP contribution in [-0.4, -0.2) is 17.3 Å². The van der Waals surface area contributed by atoms with Crippen molar-refractivity contribution in [2.24, 2.45) is 0 Å². The van der Waals surface area contributed by atoms with Crippen LogP contribution in [0.3, 0.4) is 0 Å². The Labute approximate surface area is 113 Å². The van der Waals surface area contributed by atoms with Gasteiger partial charge >= 0.3 is 0 Å². The molecule has 0 fully saturated rings. The summed E-state index contributed by atoms with van der Waals surface area (Å²) >= 11 is 0. The van der Waals surface area contributed by atoms with Gasteiger partial charge in [-0.2, -0.15) is 0 Å². The van der Waals surface area contributed by atoms with Crippen molar-refractivity contribution < 1.29 is 18.8 Å². The van der Waals surface area contributed by atoms with Gasteiger partial charge < -0.3 is 4.74 Å². The Kier molecular flexibility index (Phi) is 4.05. The van der Waals surface area contributed by atoms with E-state index in [0.29, 0.717) is 0 Å². The predicted molar refractivity (Wildman–Crippen MR) is 69.3 cm³/mol. The number of ether oxygens (including phenoxy) is 1. The minimum Gasteiger partial charge on any atom is -0.485 e. The Morgan fingerprint density at radius 1 is 1.20 bits per heavy atom. The molecule has 2 rings (SSSR count). The fourth-order valence-electron chi connectivity index (χ4n) is 1.58. The Hall–Kier alpha value is -2.76. The average molecular weight is 275 g/mol. The molecular weight excluding hydrogens is 265 g/mol. The highest BCUT2D eigenvalue weighted by molar-refractivity contribution is 5.97. The number of hydrogen-bond donors (Lipinski definition) is 0. The molecule has 0 aliphatic rings. The van der Waals surface area contributed by atoms with Gasteiger partial charge in [0.2, 0.25) is 0 Å². The second-order valence-corrected chi connectivity index (χ2v) is 3.98. The maximum absolute atomic E-state index is 12.9. The quantitative estimate of drug-likeness (QED) is 0.478. The SMILES string of the molecule is O=C(COc1cccc(F)c1)c1cccc([N+](=O)[O-])c1. The van der Waals surface area contributed by atoms with Crippen molar-refractivity contribution in [3.8, 4) is 5.75 Å². The summed E-state index contributed by atoms with van der Waals surface area (Å²) in [5.74, 6) is -0.660. The van der Waals surface area contributed by atoms with Crippen molar-refractivity contribution in [3.63, 3.8) is 0 Å². The Morgan fingerprint density at radius 3 is 2.65 bits per heavy atom. The van der Waals surface area contributed by atoms with E-state index in [4.69, 9.17) is 4.74 Å². The summed E-state index contributed by atoms with van der Waals surface area (Å²) in [5, 5.41) is 10.6. The van der Waals surface area contributed by atoms with Crippen LogP contribution in [0.25, 0.3) is 0 Å². The third kappa shape index (κ3) is 3.38. The molecule has 0 radical (unpaired) electrons. The second-order valence-electron chi connectivity index (χ2n) is 3.98. The highest BCUT2D eigenvalue weighted by Crippen LogP contribution is 2.15. The average Bonchev–Trinajstić information content (AvgIpc) is 2.45. The van der Waals surface area contributed by atoms with E-state index in [0.717, 1.165) is 6.07 Å². The molecule has 0 spiro atoms. The summed E-state index contributed by atoms with van der Waals surface area (Å²) in [6.07, 6.45) is 0. The number of non-ortho nitro benzene ring substituents is 1. The van der Waals surface area contributed by atoms with Crippen LogP contribution in [0.1, 0.15) is 10.4 Å². The molecule has 102 valence electrons. The zero-order valence-electron chi connectivity index (χ0n) is 10.3. The summed E-state index contributed by atoms with van der Waals surface area (Å²) in [6, 6.07) is 10.8. The molecule has 0 aliphatic carbocycles. The van der Waals surface area contributed by atoms with Gasteiger partial charge in [-0.1, -0.05) is 18.2 Å². The van der Waals surface area contributed by atoms with Crippen molar-refractivity contribution in [2.45, 2.75) is 0 Å². The minimum absolute atomic E-state index is 0.165. The van der Waals surface area contributed by atoms with Crippen LogP contribution in [0.15, 0.2) is 48.5 Å². The van der Waals surface area contributed by atoms with E-state index < -0.39 is 16.5 Å². The largest absolute Gasteiger partial charge is 0.485 e. The maximum atomic E-state index is 12.9. The van der Waals surface area contributed by atoms with Gasteiger partial charge in [0.05, 0.1) is 4.92 Å². The number of hydrogen-bond acceptors (Lipinski definition) is 4. The van der Waals surface area contributed by atoms with Crippen molar-refractivity contribution in [2.75, 3.05) is 6.61 Å². The lowest BCUT2D eigenvalue weighted by molar-refractivity contribution is -0.384. The molecule has 20 heavy (non-hydrogen) atoms. The molecular formula is C14H10FNO4. The molecule has 6 heteroatoms. The molecule has 0 aliphatic heterocycles. The number of Topliss-reactive ketones (excluding diaryl/α,β-unsaturated/α-hetero) is 1. The molecule has 0 bridgehead atoms. The summed E-state index contributed by atoms with van der Waals surface area (Å²) in [7, 11) is 0. The molecule has 0 saturated heterocycles. The molecule has 0 unspecified atom stereocenters. The molecule has 0 atom stereocenters. The maximum Gasteiger partial charge on any atom is 0.270 e. The summed E-state index contributed by atoms with van der Waals surface area (Å²) < 4.78 is 18.1. The number of halogens is 1. The van der Waals surface area contributed by atoms with Crippen LogP contribution in [0, 0.1) is 15.9 Å². The minimum atomic E-state index is -0.579. The van der Waals surface area contributed by atoms with Crippen LogP contribution in [0.5, 0.6) is 5.75 Å². The van der Waals surface area contributed by atoms with Crippen LogP contribution in [0.4, 0.5) is 10.1 Å². The summed E-state index contributed by atoms with van der Waals surface area (Å²) in [6.45, 7) is -0.315. The number of rotatable bonds is 5. The monoisotopic (exact) mass is 275 g/mol. The van der Waals surface area contributed by atoms with E-state index in [1.165, 1.54) is 42.5 Å². The van der Waals surface area contributed by atoms with Crippen LogP contribution < -0.4 is 4.74 Å². The molecule has 0 N–H and O–H groups in total. The first-order valence-corrected chi connectivity index (χ1v) is 5.72. The van der Waals surface area contributed by atoms with Crippen molar-refractivity contribution in [1.82, 2.24) is 0 Å². The second kappa shape index (κ2) is 5.92. The molecule has 0 amide bonds. The van der Waals surface area contributed by atoms with E-state index >= 15 is 0 Å². The summed E-state index contributed by atoms with van der Waals surface area (Å²) in [4.78, 5) is 21.9. The first-order valence-electron chi connectivity index (χ1n) is 5.72. The highest BCUT2D eigenvalue weighted by Gasteiger charge is 2.12. The van der Waals surface area contributed by atoms with Crippen molar-refractivity contribution in [3.05, 3.63) is 70.0 Å². The first-order chi connectivity index (χ1) is 9.56. The lowest BCUT2D eigenvalue weighted by atomic mass is 10.1. The Morgan fingerprint density at radius 2 is 1.95 bits per heavy atom. The van der Waals surface area contributed by atoms with E-state index in [1.54, 1.807) is 0 Å². The fraction of sp³-hybridized carbons (Fsp3) is 0.0714. The van der Waals surface area contributed by atoms with E-state index in [-0.39, 0.29) is 23.6 Å². The number of carbonyl (C=O) groups excluding carboxylic acids is 1. The Bertz CT molecular complexity index is 657. The number of carbonyl (C=O) groups is 1. The highest BCUT2D eigenvalue weighted by atomic mass is 19.1. The third-order valence-corrected chi connectivity index (χ3v) is 2.54. The zero-order chi connectivity index (χ0) is 14.5. The first kappa shape index (κ1) is 13.7. The van der Waals surface area contributed by atoms with Gasteiger partial charge in [-0.25, -0.2) is 4.39 Å². The molecule has 5 nitrogen and oxygen atoms in total. The van der Waals surface area contributed by atoms with Crippen molar-refractivity contribution in [1.29, 1.82) is 0 Å². The number of ketones is 1. The summed E-state index contributed by atoms with van der Waals surface area (Å²) in [5.41, 5.74) is 0.0113. The smallest absolute Gasteiger partial charge is 0.270 e. The molecule has 0 saturated carbocycles. The van der Waals surface area contributed by atoms with Gasteiger partial charge in [-0.15, -0.1) is 0 Å². The van der Waals surface area contributed by atoms with E-state index in [1.807, 2.05) is 0 Å². The van der Waals surface area contributed by atoms with Gasteiger partial charge in [0.15, 0.2) is 12.4 Å². The van der Waals surface area contributed by atoms with Gasteiger partial charge in [0.1, 0.15) is 11.6 Å². The standard InChI is InChI=1S/C14H10FNO4/c15-11-4-2-6-13(8-11)20-9-14(17)10-3-1-5-12(7-10)16(18)19/h1-8H,9H2.